The second-order valence-corrected chi connectivity index (χ2v) is 4.13. The Bertz CT molecular complexity index is 506. The zero-order chi connectivity index (χ0) is 15.3. The predicted octanol–water partition coefficient (Wildman–Crippen LogP) is 0.272. The van der Waals surface area contributed by atoms with Crippen molar-refractivity contribution in [2.45, 2.75) is 25.6 Å². The Hall–Kier alpha value is -1.99. The summed E-state index contributed by atoms with van der Waals surface area (Å²) in [6.45, 7) is 1.70. The number of benzene rings is 1. The lowest BCUT2D eigenvalue weighted by Crippen LogP contribution is -2.27. The highest BCUT2D eigenvalue weighted by atomic mass is 19.1. The molecule has 7 heteroatoms. The van der Waals surface area contributed by atoms with Crippen molar-refractivity contribution >= 4 is 11.9 Å². The molecule has 2 unspecified atom stereocenters. The first-order valence-corrected chi connectivity index (χ1v) is 5.97. The van der Waals surface area contributed by atoms with Crippen LogP contribution in [0.1, 0.15) is 35.4 Å². The topological polar surface area (TPSA) is 110 Å². The maximum Gasteiger partial charge on any atom is 0.338 e. The van der Waals surface area contributed by atoms with E-state index in [1.54, 1.807) is 6.92 Å². The largest absolute Gasteiger partial charge is 0.462 e. The summed E-state index contributed by atoms with van der Waals surface area (Å²) in [5, 5.41) is 19.6. The van der Waals surface area contributed by atoms with Gasteiger partial charge in [0.1, 0.15) is 11.9 Å². The first kappa shape index (κ1) is 16.1. The molecule has 1 amide bonds. The summed E-state index contributed by atoms with van der Waals surface area (Å²) in [5.74, 6) is -2.28. The van der Waals surface area contributed by atoms with Crippen LogP contribution in [0.3, 0.4) is 0 Å². The molecule has 20 heavy (non-hydrogen) atoms. The second kappa shape index (κ2) is 6.97. The highest BCUT2D eigenvalue weighted by molar-refractivity contribution is 5.91. The number of aliphatic hydroxyl groups is 2. The van der Waals surface area contributed by atoms with Gasteiger partial charge >= 0.3 is 5.97 Å². The molecule has 0 fully saturated rings. The molecular formula is C13H16FNO5. The Morgan fingerprint density at radius 1 is 1.40 bits per heavy atom. The first-order chi connectivity index (χ1) is 9.36. The first-order valence-electron chi connectivity index (χ1n) is 5.97. The molecule has 0 saturated heterocycles. The Labute approximate surface area is 115 Å². The lowest BCUT2D eigenvalue weighted by Gasteiger charge is -2.19. The van der Waals surface area contributed by atoms with Gasteiger partial charge in [0.25, 0.3) is 0 Å². The number of aliphatic hydroxyl groups excluding tert-OH is 2. The van der Waals surface area contributed by atoms with Crippen molar-refractivity contribution in [2.24, 2.45) is 5.73 Å². The number of primary amides is 1. The van der Waals surface area contributed by atoms with Gasteiger partial charge in [0.15, 0.2) is 0 Å². The normalized spacial score (nSPS) is 13.6. The SMILES string of the molecule is CCOC(=O)c1ccc(F)cc1C(O)C(O)CC(N)=O. The van der Waals surface area contributed by atoms with Crippen molar-refractivity contribution in [3.8, 4) is 0 Å². The minimum atomic E-state index is -1.63. The molecular weight excluding hydrogens is 269 g/mol. The van der Waals surface area contributed by atoms with Crippen LogP contribution in [0.15, 0.2) is 18.2 Å². The number of carbonyl (C=O) groups is 2. The summed E-state index contributed by atoms with van der Waals surface area (Å²) in [6.07, 6.45) is -3.68. The van der Waals surface area contributed by atoms with Gasteiger partial charge < -0.3 is 20.7 Å². The van der Waals surface area contributed by atoms with E-state index in [0.29, 0.717) is 0 Å². The molecule has 1 rings (SSSR count). The van der Waals surface area contributed by atoms with E-state index in [4.69, 9.17) is 10.5 Å². The number of hydrogen-bond donors (Lipinski definition) is 3. The highest BCUT2D eigenvalue weighted by Crippen LogP contribution is 2.24. The van der Waals surface area contributed by atoms with Crippen molar-refractivity contribution in [1.82, 2.24) is 0 Å². The quantitative estimate of drug-likeness (QED) is 0.650. The van der Waals surface area contributed by atoms with Gasteiger partial charge in [-0.2, -0.15) is 0 Å². The summed E-state index contributed by atoms with van der Waals surface area (Å²) in [6, 6.07) is 3.08. The minimum absolute atomic E-state index is 0.0794. The lowest BCUT2D eigenvalue weighted by molar-refractivity contribution is -0.121. The maximum atomic E-state index is 13.2. The van der Waals surface area contributed by atoms with Crippen LogP contribution in [0.2, 0.25) is 0 Å². The van der Waals surface area contributed by atoms with E-state index in [1.807, 2.05) is 0 Å². The summed E-state index contributed by atoms with van der Waals surface area (Å²) >= 11 is 0. The predicted molar refractivity (Wildman–Crippen MR) is 67.1 cm³/mol. The number of ether oxygens (including phenoxy) is 1. The molecule has 0 aliphatic carbocycles. The smallest absolute Gasteiger partial charge is 0.338 e. The maximum absolute atomic E-state index is 13.2. The fraction of sp³-hybridized carbons (Fsp3) is 0.385. The fourth-order valence-electron chi connectivity index (χ4n) is 1.70. The van der Waals surface area contributed by atoms with Crippen molar-refractivity contribution in [1.29, 1.82) is 0 Å². The third-order valence-electron chi connectivity index (χ3n) is 2.60. The summed E-state index contributed by atoms with van der Waals surface area (Å²) in [7, 11) is 0. The van der Waals surface area contributed by atoms with Crippen LogP contribution in [0.25, 0.3) is 0 Å². The number of hydrogen-bond acceptors (Lipinski definition) is 5. The fourth-order valence-corrected chi connectivity index (χ4v) is 1.70. The molecule has 1 aromatic carbocycles. The zero-order valence-electron chi connectivity index (χ0n) is 10.9. The van der Waals surface area contributed by atoms with E-state index in [1.165, 1.54) is 0 Å². The standard InChI is InChI=1S/C13H16FNO5/c1-2-20-13(19)8-4-3-7(14)5-9(8)12(18)10(16)6-11(15)17/h3-5,10,12,16,18H,2,6H2,1H3,(H2,15,17). The van der Waals surface area contributed by atoms with Crippen molar-refractivity contribution in [2.75, 3.05) is 6.61 Å². The molecule has 0 radical (unpaired) electrons. The Balaban J connectivity index is 3.11. The van der Waals surface area contributed by atoms with Crippen molar-refractivity contribution < 1.29 is 28.9 Å². The molecule has 0 heterocycles. The van der Waals surface area contributed by atoms with Gasteiger partial charge in [0.05, 0.1) is 24.7 Å². The van der Waals surface area contributed by atoms with Crippen molar-refractivity contribution in [3.05, 3.63) is 35.1 Å². The highest BCUT2D eigenvalue weighted by Gasteiger charge is 2.26. The number of halogens is 1. The number of esters is 1. The third kappa shape index (κ3) is 4.01. The number of rotatable bonds is 6. The Morgan fingerprint density at radius 2 is 2.05 bits per heavy atom. The molecule has 0 aliphatic rings. The van der Waals surface area contributed by atoms with Gasteiger partial charge in [-0.3, -0.25) is 4.79 Å². The van der Waals surface area contributed by atoms with Crippen LogP contribution in [-0.2, 0) is 9.53 Å². The minimum Gasteiger partial charge on any atom is -0.462 e. The zero-order valence-corrected chi connectivity index (χ0v) is 10.9. The molecule has 2 atom stereocenters. The van der Waals surface area contributed by atoms with Gasteiger partial charge in [0.2, 0.25) is 5.91 Å². The lowest BCUT2D eigenvalue weighted by atomic mass is 9.96. The molecule has 0 spiro atoms. The van der Waals surface area contributed by atoms with Gasteiger partial charge in [-0.25, -0.2) is 9.18 Å². The van der Waals surface area contributed by atoms with Gasteiger partial charge in [-0.15, -0.1) is 0 Å². The van der Waals surface area contributed by atoms with Gasteiger partial charge in [-0.05, 0) is 25.1 Å². The van der Waals surface area contributed by atoms with E-state index < -0.39 is 36.3 Å². The number of amides is 1. The molecule has 0 aromatic heterocycles. The van der Waals surface area contributed by atoms with E-state index in [2.05, 4.69) is 0 Å². The molecule has 0 bridgehead atoms. The summed E-state index contributed by atoms with van der Waals surface area (Å²) < 4.78 is 18.0. The van der Waals surface area contributed by atoms with Crippen LogP contribution >= 0.6 is 0 Å². The number of nitrogens with two attached hydrogens (primary N) is 1. The van der Waals surface area contributed by atoms with Gasteiger partial charge in [0, 0.05) is 5.56 Å². The van der Waals surface area contributed by atoms with Crippen LogP contribution in [0.5, 0.6) is 0 Å². The Kier molecular flexibility index (Phi) is 5.60. The molecule has 4 N–H and O–H groups in total. The molecule has 1 aromatic rings. The Morgan fingerprint density at radius 3 is 2.60 bits per heavy atom. The van der Waals surface area contributed by atoms with E-state index in [9.17, 15) is 24.2 Å². The molecule has 110 valence electrons. The molecule has 6 nitrogen and oxygen atoms in total. The van der Waals surface area contributed by atoms with Crippen LogP contribution in [0, 0.1) is 5.82 Å². The van der Waals surface area contributed by atoms with Crippen LogP contribution in [-0.4, -0.2) is 34.8 Å². The van der Waals surface area contributed by atoms with E-state index in [0.717, 1.165) is 18.2 Å². The van der Waals surface area contributed by atoms with Crippen molar-refractivity contribution in [3.63, 3.8) is 0 Å². The summed E-state index contributed by atoms with van der Waals surface area (Å²) in [4.78, 5) is 22.4. The average Bonchev–Trinajstić information content (AvgIpc) is 2.37. The monoisotopic (exact) mass is 285 g/mol. The number of carbonyl (C=O) groups excluding carboxylic acids is 2. The second-order valence-electron chi connectivity index (χ2n) is 4.13. The summed E-state index contributed by atoms with van der Waals surface area (Å²) in [5.41, 5.74) is 4.67. The molecule has 0 aliphatic heterocycles. The van der Waals surface area contributed by atoms with Crippen LogP contribution < -0.4 is 5.73 Å². The van der Waals surface area contributed by atoms with E-state index in [-0.39, 0.29) is 17.7 Å². The van der Waals surface area contributed by atoms with Crippen LogP contribution in [0.4, 0.5) is 4.39 Å². The van der Waals surface area contributed by atoms with E-state index >= 15 is 0 Å². The molecule has 0 saturated carbocycles. The van der Waals surface area contributed by atoms with Gasteiger partial charge in [-0.1, -0.05) is 0 Å². The average molecular weight is 285 g/mol. The third-order valence-corrected chi connectivity index (χ3v) is 2.60.